The fourth-order valence-electron chi connectivity index (χ4n) is 1.79. The van der Waals surface area contributed by atoms with Crippen molar-refractivity contribution in [3.63, 3.8) is 0 Å². The molecule has 1 aliphatic carbocycles. The van der Waals surface area contributed by atoms with Gasteiger partial charge in [0.25, 0.3) is 0 Å². The van der Waals surface area contributed by atoms with E-state index in [0.717, 1.165) is 6.42 Å². The molecule has 1 rings (SSSR count). The highest BCUT2D eigenvalue weighted by Gasteiger charge is 2.60. The molecule has 12 heavy (non-hydrogen) atoms. The minimum atomic E-state index is -0.661. The zero-order valence-corrected chi connectivity index (χ0v) is 7.87. The zero-order valence-electron chi connectivity index (χ0n) is 7.87. The van der Waals surface area contributed by atoms with Crippen LogP contribution in [0.2, 0.25) is 0 Å². The second-order valence-corrected chi connectivity index (χ2v) is 4.00. The number of aliphatic carboxylic acids is 1. The maximum Gasteiger partial charge on any atom is 0.307 e. The summed E-state index contributed by atoms with van der Waals surface area (Å²) < 4.78 is 0. The Kier molecular flexibility index (Phi) is 2.27. The van der Waals surface area contributed by atoms with Crippen LogP contribution in [-0.4, -0.2) is 11.1 Å². The Labute approximate surface area is 73.3 Å². The molecule has 1 saturated carbocycles. The predicted molar refractivity (Wildman–Crippen MR) is 47.8 cm³/mol. The van der Waals surface area contributed by atoms with Crippen molar-refractivity contribution >= 4 is 5.97 Å². The van der Waals surface area contributed by atoms with E-state index in [0.29, 0.717) is 0 Å². The lowest BCUT2D eigenvalue weighted by Crippen LogP contribution is -2.02. The monoisotopic (exact) mass is 168 g/mol. The van der Waals surface area contributed by atoms with Crippen LogP contribution in [0.4, 0.5) is 0 Å². The Balaban J connectivity index is 2.60. The van der Waals surface area contributed by atoms with Gasteiger partial charge in [0.1, 0.15) is 0 Å². The topological polar surface area (TPSA) is 37.3 Å². The fourth-order valence-corrected chi connectivity index (χ4v) is 1.79. The van der Waals surface area contributed by atoms with E-state index in [-0.39, 0.29) is 17.3 Å². The molecule has 68 valence electrons. The summed E-state index contributed by atoms with van der Waals surface area (Å²) in [5.74, 6) is -0.582. The van der Waals surface area contributed by atoms with Crippen molar-refractivity contribution in [3.8, 4) is 0 Å². The average molecular weight is 168 g/mol. The van der Waals surface area contributed by atoms with Gasteiger partial charge < -0.3 is 5.11 Å². The summed E-state index contributed by atoms with van der Waals surface area (Å²) in [7, 11) is 0. The van der Waals surface area contributed by atoms with Crippen molar-refractivity contribution in [1.29, 1.82) is 0 Å². The molecule has 1 aliphatic rings. The highest BCUT2D eigenvalue weighted by Crippen LogP contribution is 2.59. The molecule has 1 fully saturated rings. The second kappa shape index (κ2) is 2.92. The minimum Gasteiger partial charge on any atom is -0.481 e. The molecule has 0 amide bonds. The van der Waals surface area contributed by atoms with Gasteiger partial charge in [0.2, 0.25) is 0 Å². The molecule has 0 saturated heterocycles. The number of allylic oxidation sites excluding steroid dienone is 2. The molecule has 0 aromatic heterocycles. The summed E-state index contributed by atoms with van der Waals surface area (Å²) in [6, 6.07) is 0. The Morgan fingerprint density at radius 3 is 2.50 bits per heavy atom. The van der Waals surface area contributed by atoms with Crippen molar-refractivity contribution in [3.05, 3.63) is 12.2 Å². The van der Waals surface area contributed by atoms with Crippen LogP contribution in [0.25, 0.3) is 0 Å². The van der Waals surface area contributed by atoms with E-state index < -0.39 is 5.97 Å². The molecule has 0 heterocycles. The molecular formula is C10H16O2. The van der Waals surface area contributed by atoms with Gasteiger partial charge in [0.15, 0.2) is 0 Å². The Morgan fingerprint density at radius 1 is 1.58 bits per heavy atom. The lowest BCUT2D eigenvalue weighted by atomic mass is 10.1. The predicted octanol–water partition coefficient (Wildman–Crippen LogP) is 2.31. The number of hydrogen-bond donors (Lipinski definition) is 1. The summed E-state index contributed by atoms with van der Waals surface area (Å²) in [4.78, 5) is 10.7. The first-order valence-electron chi connectivity index (χ1n) is 4.41. The van der Waals surface area contributed by atoms with Crippen molar-refractivity contribution in [2.75, 3.05) is 0 Å². The summed E-state index contributed by atoms with van der Waals surface area (Å²) in [6.07, 6.45) is 5.08. The average Bonchev–Trinajstić information content (AvgIpc) is 2.49. The maximum atomic E-state index is 10.7. The van der Waals surface area contributed by atoms with E-state index in [1.165, 1.54) is 0 Å². The van der Waals surface area contributed by atoms with Crippen LogP contribution in [0.5, 0.6) is 0 Å². The lowest BCUT2D eigenvalue weighted by molar-refractivity contribution is -0.139. The molecule has 0 aromatic carbocycles. The van der Waals surface area contributed by atoms with Gasteiger partial charge in [-0.25, -0.2) is 0 Å². The number of carbonyl (C=O) groups is 1. The van der Waals surface area contributed by atoms with Gasteiger partial charge in [-0.15, -0.1) is 0 Å². The largest absolute Gasteiger partial charge is 0.481 e. The summed E-state index contributed by atoms with van der Waals surface area (Å²) in [6.45, 7) is 6.08. The third kappa shape index (κ3) is 1.38. The number of hydrogen-bond acceptors (Lipinski definition) is 1. The molecule has 2 heteroatoms. The zero-order chi connectivity index (χ0) is 9.35. The third-order valence-electron chi connectivity index (χ3n) is 2.76. The summed E-state index contributed by atoms with van der Waals surface area (Å²) in [5.41, 5.74) is -0.0303. The van der Waals surface area contributed by atoms with Gasteiger partial charge in [0, 0.05) is 0 Å². The van der Waals surface area contributed by atoms with Gasteiger partial charge in [0.05, 0.1) is 5.92 Å². The van der Waals surface area contributed by atoms with Crippen LogP contribution >= 0.6 is 0 Å². The van der Waals surface area contributed by atoms with Crippen molar-refractivity contribution in [1.82, 2.24) is 0 Å². The molecule has 0 aromatic rings. The van der Waals surface area contributed by atoms with E-state index in [1.807, 2.05) is 19.9 Å². The van der Waals surface area contributed by atoms with Crippen LogP contribution in [0.1, 0.15) is 27.2 Å². The fraction of sp³-hybridized carbons (Fsp3) is 0.700. The molecule has 0 aliphatic heterocycles. The van der Waals surface area contributed by atoms with E-state index in [2.05, 4.69) is 13.0 Å². The van der Waals surface area contributed by atoms with Crippen molar-refractivity contribution in [2.45, 2.75) is 27.2 Å². The van der Waals surface area contributed by atoms with Crippen LogP contribution in [-0.2, 0) is 4.79 Å². The van der Waals surface area contributed by atoms with E-state index in [4.69, 9.17) is 5.11 Å². The molecule has 2 nitrogen and oxygen atoms in total. The third-order valence-corrected chi connectivity index (χ3v) is 2.76. The molecule has 0 spiro atoms. The number of carboxylic acid groups (broad SMARTS) is 1. The van der Waals surface area contributed by atoms with E-state index in [1.54, 1.807) is 0 Å². The second-order valence-electron chi connectivity index (χ2n) is 4.00. The van der Waals surface area contributed by atoms with Gasteiger partial charge in [-0.3, -0.25) is 4.79 Å². The molecule has 0 unspecified atom stereocenters. The smallest absolute Gasteiger partial charge is 0.307 e. The Bertz CT molecular complexity index is 216. The minimum absolute atomic E-state index is 0.0303. The lowest BCUT2D eigenvalue weighted by Gasteiger charge is -1.95. The first-order valence-corrected chi connectivity index (χ1v) is 4.41. The molecule has 1 N–H and O–H groups in total. The molecule has 2 atom stereocenters. The highest BCUT2D eigenvalue weighted by molar-refractivity contribution is 5.76. The van der Waals surface area contributed by atoms with E-state index in [9.17, 15) is 4.79 Å². The van der Waals surface area contributed by atoms with Crippen molar-refractivity contribution in [2.24, 2.45) is 17.3 Å². The van der Waals surface area contributed by atoms with Gasteiger partial charge in [-0.2, -0.15) is 0 Å². The summed E-state index contributed by atoms with van der Waals surface area (Å²) in [5, 5.41) is 8.82. The number of carboxylic acids is 1. The quantitative estimate of drug-likeness (QED) is 0.656. The van der Waals surface area contributed by atoms with Gasteiger partial charge in [-0.1, -0.05) is 32.9 Å². The standard InChI is InChI=1S/C10H16O2/c1-4-5-6-7-8(9(11)12)10(7,2)3/h5-8H,4H2,1-3H3,(H,11,12)/b6-5+/t7-,8-/m1/s1. The maximum absolute atomic E-state index is 10.7. The Hall–Kier alpha value is -0.790. The molecular weight excluding hydrogens is 152 g/mol. The van der Waals surface area contributed by atoms with Gasteiger partial charge >= 0.3 is 5.97 Å². The first kappa shape index (κ1) is 9.30. The SMILES string of the molecule is CC/C=C/[C@@H]1[C@H](C(=O)O)C1(C)C. The normalized spacial score (nSPS) is 32.2. The molecule has 0 radical (unpaired) electrons. The molecule has 0 bridgehead atoms. The highest BCUT2D eigenvalue weighted by atomic mass is 16.4. The first-order chi connectivity index (χ1) is 5.51. The number of rotatable bonds is 3. The van der Waals surface area contributed by atoms with Crippen LogP contribution in [0, 0.1) is 17.3 Å². The van der Waals surface area contributed by atoms with Gasteiger partial charge in [-0.05, 0) is 17.8 Å². The van der Waals surface area contributed by atoms with Crippen LogP contribution in [0.3, 0.4) is 0 Å². The van der Waals surface area contributed by atoms with Crippen LogP contribution < -0.4 is 0 Å². The van der Waals surface area contributed by atoms with Crippen LogP contribution in [0.15, 0.2) is 12.2 Å². The summed E-state index contributed by atoms with van der Waals surface area (Å²) >= 11 is 0. The van der Waals surface area contributed by atoms with E-state index >= 15 is 0 Å². The Morgan fingerprint density at radius 2 is 2.17 bits per heavy atom. The van der Waals surface area contributed by atoms with Crippen molar-refractivity contribution < 1.29 is 9.90 Å².